The van der Waals surface area contributed by atoms with Gasteiger partial charge in [0.15, 0.2) is 0 Å². The summed E-state index contributed by atoms with van der Waals surface area (Å²) in [7, 11) is 0. The van der Waals surface area contributed by atoms with Gasteiger partial charge in [0.2, 0.25) is 0 Å². The van der Waals surface area contributed by atoms with E-state index in [9.17, 15) is 0 Å². The topological polar surface area (TPSA) is 31.4 Å². The van der Waals surface area contributed by atoms with Crippen molar-refractivity contribution >= 4 is 5.69 Å². The summed E-state index contributed by atoms with van der Waals surface area (Å²) in [6.07, 6.45) is 7.49. The van der Waals surface area contributed by atoms with Crippen molar-refractivity contribution in [1.82, 2.24) is 15.2 Å². The smallest absolute Gasteiger partial charge is 0.0397 e. The molecule has 1 aliphatic rings. The molecular weight excluding hydrogens is 260 g/mol. The summed E-state index contributed by atoms with van der Waals surface area (Å²) < 4.78 is 0. The Kier molecular flexibility index (Phi) is 6.96. The molecule has 1 aliphatic heterocycles. The molecule has 0 saturated carbocycles. The molecule has 0 aliphatic carbocycles. The number of nitrogens with one attached hydrogen (secondary N) is 1. The van der Waals surface area contributed by atoms with Crippen molar-refractivity contribution in [1.29, 1.82) is 0 Å². The van der Waals surface area contributed by atoms with Crippen LogP contribution in [0.15, 0.2) is 24.5 Å². The van der Waals surface area contributed by atoms with E-state index in [1.54, 1.807) is 0 Å². The van der Waals surface area contributed by atoms with Gasteiger partial charge < -0.3 is 15.1 Å². The average molecular weight is 290 g/mol. The number of rotatable bonds is 8. The Labute approximate surface area is 129 Å². The molecule has 2 heterocycles. The van der Waals surface area contributed by atoms with Crippen molar-refractivity contribution in [3.63, 3.8) is 0 Å². The monoisotopic (exact) mass is 290 g/mol. The van der Waals surface area contributed by atoms with E-state index in [2.05, 4.69) is 46.1 Å². The van der Waals surface area contributed by atoms with E-state index < -0.39 is 0 Å². The summed E-state index contributed by atoms with van der Waals surface area (Å²) in [5.74, 6) is 0. The van der Waals surface area contributed by atoms with Crippen molar-refractivity contribution < 1.29 is 0 Å². The van der Waals surface area contributed by atoms with Gasteiger partial charge in [-0.15, -0.1) is 0 Å². The highest BCUT2D eigenvalue weighted by atomic mass is 15.2. The number of hydrogen-bond acceptors (Lipinski definition) is 4. The van der Waals surface area contributed by atoms with Crippen LogP contribution in [-0.4, -0.2) is 55.2 Å². The number of pyridine rings is 1. The van der Waals surface area contributed by atoms with Gasteiger partial charge in [0.1, 0.15) is 0 Å². The third kappa shape index (κ3) is 5.29. The van der Waals surface area contributed by atoms with Gasteiger partial charge in [-0.2, -0.15) is 0 Å². The van der Waals surface area contributed by atoms with Crippen LogP contribution in [0.2, 0.25) is 0 Å². The Hall–Kier alpha value is -1.13. The molecule has 4 heteroatoms. The quantitative estimate of drug-likeness (QED) is 0.796. The molecule has 0 atom stereocenters. The molecule has 1 aromatic heterocycles. The summed E-state index contributed by atoms with van der Waals surface area (Å²) in [5, 5.41) is 3.74. The van der Waals surface area contributed by atoms with Crippen molar-refractivity contribution in [3.8, 4) is 0 Å². The predicted octanol–water partition coefficient (Wildman–Crippen LogP) is 2.37. The minimum atomic E-state index is 0.684. The Morgan fingerprint density at radius 2 is 1.90 bits per heavy atom. The molecule has 0 unspecified atom stereocenters. The van der Waals surface area contributed by atoms with E-state index in [1.165, 1.54) is 38.0 Å². The van der Waals surface area contributed by atoms with Crippen LogP contribution in [0, 0.1) is 0 Å². The molecule has 1 fully saturated rings. The molecule has 2 rings (SSSR count). The van der Waals surface area contributed by atoms with Gasteiger partial charge in [-0.1, -0.05) is 13.8 Å². The lowest BCUT2D eigenvalue weighted by atomic mass is 10.0. The highest BCUT2D eigenvalue weighted by molar-refractivity contribution is 5.44. The van der Waals surface area contributed by atoms with Gasteiger partial charge in [-0.05, 0) is 44.5 Å². The molecule has 0 aromatic carbocycles. The zero-order valence-corrected chi connectivity index (χ0v) is 13.6. The van der Waals surface area contributed by atoms with Crippen LogP contribution in [0.5, 0.6) is 0 Å². The third-order valence-electron chi connectivity index (χ3n) is 4.37. The molecule has 1 aromatic rings. The van der Waals surface area contributed by atoms with Crippen molar-refractivity contribution in [3.05, 3.63) is 24.5 Å². The van der Waals surface area contributed by atoms with Crippen molar-refractivity contribution in [2.45, 2.75) is 39.2 Å². The van der Waals surface area contributed by atoms with E-state index in [4.69, 9.17) is 0 Å². The highest BCUT2D eigenvalue weighted by Crippen LogP contribution is 2.18. The van der Waals surface area contributed by atoms with Crippen molar-refractivity contribution in [2.75, 3.05) is 44.2 Å². The maximum absolute atomic E-state index is 4.09. The first-order valence-corrected chi connectivity index (χ1v) is 8.44. The van der Waals surface area contributed by atoms with Gasteiger partial charge in [0.25, 0.3) is 0 Å². The molecule has 1 saturated heterocycles. The highest BCUT2D eigenvalue weighted by Gasteiger charge is 2.18. The van der Waals surface area contributed by atoms with Gasteiger partial charge in [0, 0.05) is 50.3 Å². The number of nitrogens with zero attached hydrogens (tertiary/aromatic N) is 3. The first-order valence-electron chi connectivity index (χ1n) is 8.44. The second kappa shape index (κ2) is 9.00. The zero-order valence-electron chi connectivity index (χ0n) is 13.6. The first kappa shape index (κ1) is 16.2. The van der Waals surface area contributed by atoms with Crippen LogP contribution < -0.4 is 10.2 Å². The Morgan fingerprint density at radius 1 is 1.19 bits per heavy atom. The Morgan fingerprint density at radius 3 is 2.52 bits per heavy atom. The summed E-state index contributed by atoms with van der Waals surface area (Å²) in [5.41, 5.74) is 1.31. The number of piperidine rings is 1. The molecule has 0 bridgehead atoms. The van der Waals surface area contributed by atoms with Crippen LogP contribution in [0.25, 0.3) is 0 Å². The maximum atomic E-state index is 4.09. The number of hydrogen-bond donors (Lipinski definition) is 1. The second-order valence-corrected chi connectivity index (χ2v) is 5.86. The first-order chi connectivity index (χ1) is 10.3. The SMILES string of the molecule is CCCN(CC)CCNC1CCN(c2ccncc2)CC1. The third-order valence-corrected chi connectivity index (χ3v) is 4.37. The van der Waals surface area contributed by atoms with E-state index in [0.717, 1.165) is 26.2 Å². The Balaban J connectivity index is 1.65. The lowest BCUT2D eigenvalue weighted by Crippen LogP contribution is -2.44. The van der Waals surface area contributed by atoms with Crippen molar-refractivity contribution in [2.24, 2.45) is 0 Å². The summed E-state index contributed by atoms with van der Waals surface area (Å²) in [4.78, 5) is 9.09. The van der Waals surface area contributed by atoms with E-state index >= 15 is 0 Å². The summed E-state index contributed by atoms with van der Waals surface area (Å²) >= 11 is 0. The number of aromatic nitrogens is 1. The molecule has 0 amide bonds. The molecule has 1 N–H and O–H groups in total. The van der Waals surface area contributed by atoms with Crippen LogP contribution in [0.1, 0.15) is 33.1 Å². The zero-order chi connectivity index (χ0) is 14.9. The van der Waals surface area contributed by atoms with Gasteiger partial charge >= 0.3 is 0 Å². The molecule has 0 spiro atoms. The molecule has 0 radical (unpaired) electrons. The lowest BCUT2D eigenvalue weighted by Gasteiger charge is -2.34. The standard InChI is InChI=1S/C17H30N4/c1-3-12-20(4-2)15-11-19-16-7-13-21(14-8-16)17-5-9-18-10-6-17/h5-6,9-10,16,19H,3-4,7-8,11-15H2,1-2H3. The average Bonchev–Trinajstić information content (AvgIpc) is 2.55. The van der Waals surface area contributed by atoms with Gasteiger partial charge in [-0.25, -0.2) is 0 Å². The van der Waals surface area contributed by atoms with Crippen LogP contribution in [0.4, 0.5) is 5.69 Å². The second-order valence-electron chi connectivity index (χ2n) is 5.86. The molecule has 4 nitrogen and oxygen atoms in total. The maximum Gasteiger partial charge on any atom is 0.0397 e. The molecule has 118 valence electrons. The summed E-state index contributed by atoms with van der Waals surface area (Å²) in [6.45, 7) is 11.5. The summed E-state index contributed by atoms with van der Waals surface area (Å²) in [6, 6.07) is 4.90. The largest absolute Gasteiger partial charge is 0.371 e. The molecule has 21 heavy (non-hydrogen) atoms. The Bertz CT molecular complexity index is 374. The molecular formula is C17H30N4. The number of likely N-dealkylation sites (N-methyl/N-ethyl adjacent to an activating group) is 1. The van der Waals surface area contributed by atoms with E-state index in [0.29, 0.717) is 6.04 Å². The van der Waals surface area contributed by atoms with Gasteiger partial charge in [0.05, 0.1) is 0 Å². The van der Waals surface area contributed by atoms with Crippen LogP contribution in [0.3, 0.4) is 0 Å². The van der Waals surface area contributed by atoms with E-state index in [-0.39, 0.29) is 0 Å². The lowest BCUT2D eigenvalue weighted by molar-refractivity contribution is 0.277. The minimum Gasteiger partial charge on any atom is -0.371 e. The fraction of sp³-hybridized carbons (Fsp3) is 0.706. The minimum absolute atomic E-state index is 0.684. The van der Waals surface area contributed by atoms with Crippen LogP contribution in [-0.2, 0) is 0 Å². The van der Waals surface area contributed by atoms with E-state index in [1.807, 2.05) is 12.4 Å². The fourth-order valence-corrected chi connectivity index (χ4v) is 3.07. The predicted molar refractivity (Wildman–Crippen MR) is 89.9 cm³/mol. The van der Waals surface area contributed by atoms with Gasteiger partial charge in [-0.3, -0.25) is 4.98 Å². The number of anilines is 1. The normalized spacial score (nSPS) is 16.6. The fourth-order valence-electron chi connectivity index (χ4n) is 3.07. The van der Waals surface area contributed by atoms with Crippen LogP contribution >= 0.6 is 0 Å².